The summed E-state index contributed by atoms with van der Waals surface area (Å²) in [7, 11) is 0. The number of H-pyrrole nitrogens is 1. The summed E-state index contributed by atoms with van der Waals surface area (Å²) in [6.07, 6.45) is 3.76. The topological polar surface area (TPSA) is 33.1 Å². The predicted molar refractivity (Wildman–Crippen MR) is 102 cm³/mol. The van der Waals surface area contributed by atoms with Crippen LogP contribution in [0.4, 0.5) is 0 Å². The summed E-state index contributed by atoms with van der Waals surface area (Å²) in [4.78, 5) is 3.20. The fourth-order valence-corrected chi connectivity index (χ4v) is 2.93. The molecule has 0 aliphatic carbocycles. The van der Waals surface area contributed by atoms with Crippen LogP contribution in [0.5, 0.6) is 0 Å². The van der Waals surface area contributed by atoms with Crippen LogP contribution in [0.15, 0.2) is 84.1 Å². The molecule has 3 aromatic carbocycles. The zero-order chi connectivity index (χ0) is 16.4. The zero-order valence-electron chi connectivity index (χ0n) is 12.9. The molecule has 4 aromatic rings. The summed E-state index contributed by atoms with van der Waals surface area (Å²) >= 11 is 5.38. The summed E-state index contributed by atoms with van der Waals surface area (Å²) in [5.41, 5.74) is 3.11. The number of fused-ring (bicyclic) bond motifs is 1. The first-order valence-electron chi connectivity index (χ1n) is 7.70. The fourth-order valence-electron chi connectivity index (χ4n) is 2.72. The Hall–Kier alpha value is -2.98. The third-order valence-electron chi connectivity index (χ3n) is 3.93. The highest BCUT2D eigenvalue weighted by atomic mass is 32.1. The van der Waals surface area contributed by atoms with E-state index >= 15 is 0 Å². The van der Waals surface area contributed by atoms with Gasteiger partial charge >= 0.3 is 0 Å². The molecule has 1 N–H and O–H groups in total. The molecule has 116 valence electrons. The van der Waals surface area contributed by atoms with E-state index in [4.69, 9.17) is 12.2 Å². The molecule has 3 nitrogen and oxygen atoms in total. The summed E-state index contributed by atoms with van der Waals surface area (Å²) in [5.74, 6) is 0. The minimum absolute atomic E-state index is 0.574. The molecular weight excluding hydrogens is 314 g/mol. The molecule has 0 fully saturated rings. The second-order valence-electron chi connectivity index (χ2n) is 5.50. The normalized spacial score (nSPS) is 11.3. The number of benzene rings is 3. The van der Waals surface area contributed by atoms with E-state index in [1.54, 1.807) is 4.68 Å². The minimum atomic E-state index is 0.574. The van der Waals surface area contributed by atoms with Crippen molar-refractivity contribution in [3.8, 4) is 11.3 Å². The highest BCUT2D eigenvalue weighted by Gasteiger charge is 2.02. The van der Waals surface area contributed by atoms with Crippen molar-refractivity contribution in [2.24, 2.45) is 5.10 Å². The van der Waals surface area contributed by atoms with E-state index in [0.29, 0.717) is 4.77 Å². The zero-order valence-corrected chi connectivity index (χ0v) is 13.7. The molecule has 0 aliphatic heterocycles. The lowest BCUT2D eigenvalue weighted by molar-refractivity contribution is 0.864. The number of aromatic nitrogens is 2. The van der Waals surface area contributed by atoms with Gasteiger partial charge in [0.2, 0.25) is 0 Å². The van der Waals surface area contributed by atoms with Gasteiger partial charge in [0.25, 0.3) is 0 Å². The molecule has 0 atom stereocenters. The van der Waals surface area contributed by atoms with Gasteiger partial charge in [0.15, 0.2) is 4.77 Å². The maximum absolute atomic E-state index is 5.38. The maximum atomic E-state index is 5.38. The molecule has 0 bridgehead atoms. The van der Waals surface area contributed by atoms with Crippen molar-refractivity contribution in [2.45, 2.75) is 0 Å². The number of imidazole rings is 1. The second-order valence-corrected chi connectivity index (χ2v) is 5.88. The van der Waals surface area contributed by atoms with Crippen molar-refractivity contribution >= 4 is 29.2 Å². The van der Waals surface area contributed by atoms with Crippen LogP contribution in [0, 0.1) is 4.77 Å². The van der Waals surface area contributed by atoms with Gasteiger partial charge in [-0.15, -0.1) is 0 Å². The lowest BCUT2D eigenvalue weighted by atomic mass is 10.1. The molecular formula is C20H15N3S. The Morgan fingerprint density at radius 3 is 2.50 bits per heavy atom. The standard InChI is InChI=1S/C20H15N3S/c24-20-22-19(16-8-2-1-3-9-16)14-23(20)21-13-17-11-6-10-15-7-4-5-12-18(15)17/h1-14H,(H,22,24)/b21-13-. The lowest BCUT2D eigenvalue weighted by Crippen LogP contribution is -1.90. The summed E-state index contributed by atoms with van der Waals surface area (Å²) < 4.78 is 2.27. The maximum Gasteiger partial charge on any atom is 0.198 e. The van der Waals surface area contributed by atoms with Gasteiger partial charge in [-0.2, -0.15) is 5.10 Å². The van der Waals surface area contributed by atoms with Gasteiger partial charge in [0, 0.05) is 5.56 Å². The Bertz CT molecular complexity index is 1070. The first-order chi connectivity index (χ1) is 11.8. The minimum Gasteiger partial charge on any atom is -0.329 e. The molecule has 4 rings (SSSR count). The lowest BCUT2D eigenvalue weighted by Gasteiger charge is -2.01. The number of nitrogens with one attached hydrogen (secondary N) is 1. The van der Waals surface area contributed by atoms with E-state index in [9.17, 15) is 0 Å². The van der Waals surface area contributed by atoms with Crippen molar-refractivity contribution in [3.63, 3.8) is 0 Å². The van der Waals surface area contributed by atoms with Crippen LogP contribution in [0.2, 0.25) is 0 Å². The molecule has 0 amide bonds. The van der Waals surface area contributed by atoms with E-state index in [2.05, 4.69) is 34.4 Å². The van der Waals surface area contributed by atoms with Gasteiger partial charge < -0.3 is 4.98 Å². The third kappa shape index (κ3) is 2.79. The quantitative estimate of drug-likeness (QED) is 0.404. The Morgan fingerprint density at radius 1 is 0.875 bits per heavy atom. The Morgan fingerprint density at radius 2 is 1.62 bits per heavy atom. The first-order valence-corrected chi connectivity index (χ1v) is 8.11. The molecule has 1 aromatic heterocycles. The SMILES string of the molecule is S=c1[nH]c(-c2ccccc2)cn1/N=C\c1cccc2ccccc12. The van der Waals surface area contributed by atoms with Crippen molar-refractivity contribution < 1.29 is 0 Å². The highest BCUT2D eigenvalue weighted by Crippen LogP contribution is 2.18. The molecule has 0 saturated carbocycles. The van der Waals surface area contributed by atoms with E-state index in [-0.39, 0.29) is 0 Å². The predicted octanol–water partition coefficient (Wildman–Crippen LogP) is 5.25. The van der Waals surface area contributed by atoms with E-state index in [1.807, 2.05) is 60.9 Å². The average molecular weight is 329 g/mol. The number of rotatable bonds is 3. The molecule has 1 heterocycles. The van der Waals surface area contributed by atoms with Gasteiger partial charge in [-0.3, -0.25) is 0 Å². The van der Waals surface area contributed by atoms with Crippen LogP contribution in [0.25, 0.3) is 22.0 Å². The Labute approximate surface area is 144 Å². The number of aromatic amines is 1. The van der Waals surface area contributed by atoms with Crippen LogP contribution in [-0.4, -0.2) is 15.9 Å². The van der Waals surface area contributed by atoms with E-state index < -0.39 is 0 Å². The molecule has 0 radical (unpaired) electrons. The van der Waals surface area contributed by atoms with Crippen molar-refractivity contribution in [3.05, 3.63) is 89.3 Å². The van der Waals surface area contributed by atoms with Crippen LogP contribution >= 0.6 is 12.2 Å². The van der Waals surface area contributed by atoms with Gasteiger partial charge in [-0.1, -0.05) is 72.8 Å². The highest BCUT2D eigenvalue weighted by molar-refractivity contribution is 7.71. The molecule has 0 saturated heterocycles. The monoisotopic (exact) mass is 329 g/mol. The van der Waals surface area contributed by atoms with Crippen molar-refractivity contribution in [1.82, 2.24) is 9.66 Å². The number of hydrogen-bond donors (Lipinski definition) is 1. The van der Waals surface area contributed by atoms with Crippen LogP contribution in [-0.2, 0) is 0 Å². The van der Waals surface area contributed by atoms with E-state index in [0.717, 1.165) is 16.8 Å². The third-order valence-corrected chi connectivity index (χ3v) is 4.22. The van der Waals surface area contributed by atoms with Gasteiger partial charge in [0.1, 0.15) is 0 Å². The van der Waals surface area contributed by atoms with Crippen LogP contribution in [0.3, 0.4) is 0 Å². The summed E-state index contributed by atoms with van der Waals surface area (Å²) in [5, 5.41) is 6.90. The second kappa shape index (κ2) is 6.26. The van der Waals surface area contributed by atoms with Gasteiger partial charge in [0.05, 0.1) is 18.1 Å². The fraction of sp³-hybridized carbons (Fsp3) is 0. The van der Waals surface area contributed by atoms with Crippen molar-refractivity contribution in [2.75, 3.05) is 0 Å². The van der Waals surface area contributed by atoms with E-state index in [1.165, 1.54) is 10.8 Å². The van der Waals surface area contributed by atoms with Crippen LogP contribution < -0.4 is 0 Å². The molecule has 0 aliphatic rings. The number of hydrogen-bond acceptors (Lipinski definition) is 2. The van der Waals surface area contributed by atoms with Crippen molar-refractivity contribution in [1.29, 1.82) is 0 Å². The summed E-state index contributed by atoms with van der Waals surface area (Å²) in [6, 6.07) is 24.5. The Kier molecular flexibility index (Phi) is 3.81. The molecule has 0 unspecified atom stereocenters. The molecule has 4 heteroatoms. The first kappa shape index (κ1) is 14.6. The smallest absolute Gasteiger partial charge is 0.198 e. The average Bonchev–Trinajstić information content (AvgIpc) is 3.01. The molecule has 0 spiro atoms. The summed E-state index contributed by atoms with van der Waals surface area (Å²) in [6.45, 7) is 0. The van der Waals surface area contributed by atoms with Crippen LogP contribution in [0.1, 0.15) is 5.56 Å². The van der Waals surface area contributed by atoms with Gasteiger partial charge in [-0.05, 0) is 28.6 Å². The molecule has 24 heavy (non-hydrogen) atoms. The Balaban J connectivity index is 1.72. The number of nitrogens with zero attached hydrogens (tertiary/aromatic N) is 2. The van der Waals surface area contributed by atoms with Gasteiger partial charge in [-0.25, -0.2) is 4.68 Å². The largest absolute Gasteiger partial charge is 0.329 e.